The van der Waals surface area contributed by atoms with Crippen molar-refractivity contribution in [3.05, 3.63) is 0 Å². The van der Waals surface area contributed by atoms with Crippen LogP contribution in [0.3, 0.4) is 0 Å². The Bertz CT molecular complexity index is 147. The third-order valence-electron chi connectivity index (χ3n) is 3.07. The summed E-state index contributed by atoms with van der Waals surface area (Å²) >= 11 is 0. The standard InChI is InChI=1S/C13H28N2O/c1-2-7-14-8-6-12-16-13-11-15-9-4-3-5-10-15/h14H,2-13H2,1H3. The van der Waals surface area contributed by atoms with E-state index in [0.29, 0.717) is 0 Å². The van der Waals surface area contributed by atoms with Gasteiger partial charge in [0, 0.05) is 13.2 Å². The minimum absolute atomic E-state index is 0.907. The molecule has 0 spiro atoms. The Kier molecular flexibility index (Phi) is 8.77. The fraction of sp³-hybridized carbons (Fsp3) is 1.00. The Morgan fingerprint density at radius 1 is 1.06 bits per heavy atom. The molecule has 1 aliphatic rings. The zero-order chi connectivity index (χ0) is 11.5. The molecule has 0 aromatic rings. The molecule has 1 N–H and O–H groups in total. The minimum Gasteiger partial charge on any atom is -0.380 e. The highest BCUT2D eigenvalue weighted by molar-refractivity contribution is 4.63. The van der Waals surface area contributed by atoms with E-state index in [4.69, 9.17) is 4.74 Å². The number of ether oxygens (including phenoxy) is 1. The van der Waals surface area contributed by atoms with Gasteiger partial charge in [-0.1, -0.05) is 13.3 Å². The first-order valence-electron chi connectivity index (χ1n) is 6.94. The third kappa shape index (κ3) is 7.20. The second-order valence-electron chi connectivity index (χ2n) is 4.62. The number of likely N-dealkylation sites (tertiary alicyclic amines) is 1. The molecular formula is C13H28N2O. The molecule has 1 fully saturated rings. The number of piperidine rings is 1. The van der Waals surface area contributed by atoms with E-state index in [1.165, 1.54) is 38.8 Å². The second-order valence-corrected chi connectivity index (χ2v) is 4.62. The summed E-state index contributed by atoms with van der Waals surface area (Å²) < 4.78 is 5.63. The fourth-order valence-electron chi connectivity index (χ4n) is 2.08. The van der Waals surface area contributed by atoms with Crippen LogP contribution in [0.1, 0.15) is 39.0 Å². The van der Waals surface area contributed by atoms with Gasteiger partial charge in [-0.3, -0.25) is 0 Å². The van der Waals surface area contributed by atoms with Crippen LogP contribution >= 0.6 is 0 Å². The first-order chi connectivity index (χ1) is 7.93. The molecule has 1 saturated heterocycles. The largest absolute Gasteiger partial charge is 0.380 e. The van der Waals surface area contributed by atoms with Gasteiger partial charge >= 0.3 is 0 Å². The lowest BCUT2D eigenvalue weighted by atomic mass is 10.1. The smallest absolute Gasteiger partial charge is 0.0593 e. The van der Waals surface area contributed by atoms with Crippen LogP contribution in [0, 0.1) is 0 Å². The van der Waals surface area contributed by atoms with Gasteiger partial charge in [0.1, 0.15) is 0 Å². The average molecular weight is 228 g/mol. The van der Waals surface area contributed by atoms with Gasteiger partial charge in [-0.05, 0) is 51.9 Å². The van der Waals surface area contributed by atoms with Crippen molar-refractivity contribution < 1.29 is 4.74 Å². The highest BCUT2D eigenvalue weighted by Gasteiger charge is 2.08. The number of hydrogen-bond donors (Lipinski definition) is 1. The molecule has 0 radical (unpaired) electrons. The highest BCUT2D eigenvalue weighted by atomic mass is 16.5. The molecule has 16 heavy (non-hydrogen) atoms. The van der Waals surface area contributed by atoms with E-state index in [-0.39, 0.29) is 0 Å². The zero-order valence-corrected chi connectivity index (χ0v) is 10.8. The molecule has 0 aromatic carbocycles. The summed E-state index contributed by atoms with van der Waals surface area (Å²) in [7, 11) is 0. The molecule has 0 saturated carbocycles. The maximum atomic E-state index is 5.63. The summed E-state index contributed by atoms with van der Waals surface area (Å²) in [5.41, 5.74) is 0. The van der Waals surface area contributed by atoms with Crippen molar-refractivity contribution in [1.29, 1.82) is 0 Å². The molecule has 0 atom stereocenters. The molecule has 0 aromatic heterocycles. The maximum Gasteiger partial charge on any atom is 0.0593 e. The Labute approximate surface area is 101 Å². The van der Waals surface area contributed by atoms with Crippen molar-refractivity contribution in [1.82, 2.24) is 10.2 Å². The number of hydrogen-bond acceptors (Lipinski definition) is 3. The van der Waals surface area contributed by atoms with Crippen molar-refractivity contribution in [2.45, 2.75) is 39.0 Å². The molecule has 3 heteroatoms. The third-order valence-corrected chi connectivity index (χ3v) is 3.07. The van der Waals surface area contributed by atoms with E-state index < -0.39 is 0 Å². The predicted octanol–water partition coefficient (Wildman–Crippen LogP) is 1.88. The van der Waals surface area contributed by atoms with Gasteiger partial charge in [-0.15, -0.1) is 0 Å². The Balaban J connectivity index is 1.77. The monoisotopic (exact) mass is 228 g/mol. The van der Waals surface area contributed by atoms with E-state index in [1.807, 2.05) is 0 Å². The van der Waals surface area contributed by atoms with Crippen LogP contribution in [-0.4, -0.2) is 50.8 Å². The normalized spacial score (nSPS) is 17.8. The molecule has 1 heterocycles. The fourth-order valence-corrected chi connectivity index (χ4v) is 2.08. The highest BCUT2D eigenvalue weighted by Crippen LogP contribution is 2.07. The van der Waals surface area contributed by atoms with Crippen LogP contribution in [0.15, 0.2) is 0 Å². The minimum atomic E-state index is 0.907. The number of nitrogens with one attached hydrogen (secondary N) is 1. The molecule has 0 aliphatic carbocycles. The summed E-state index contributed by atoms with van der Waals surface area (Å²) in [6, 6.07) is 0. The van der Waals surface area contributed by atoms with Crippen molar-refractivity contribution >= 4 is 0 Å². The molecule has 1 rings (SSSR count). The van der Waals surface area contributed by atoms with E-state index in [1.54, 1.807) is 0 Å². The van der Waals surface area contributed by atoms with Crippen molar-refractivity contribution in [3.8, 4) is 0 Å². The molecule has 0 bridgehead atoms. The van der Waals surface area contributed by atoms with Crippen LogP contribution in [0.4, 0.5) is 0 Å². The van der Waals surface area contributed by atoms with E-state index in [9.17, 15) is 0 Å². The topological polar surface area (TPSA) is 24.5 Å². The predicted molar refractivity (Wildman–Crippen MR) is 68.9 cm³/mol. The van der Waals surface area contributed by atoms with Gasteiger partial charge in [0.15, 0.2) is 0 Å². The van der Waals surface area contributed by atoms with Gasteiger partial charge in [0.2, 0.25) is 0 Å². The van der Waals surface area contributed by atoms with Gasteiger partial charge in [-0.25, -0.2) is 0 Å². The molecule has 0 amide bonds. The Hall–Kier alpha value is -0.120. The van der Waals surface area contributed by atoms with E-state index in [0.717, 1.165) is 39.3 Å². The van der Waals surface area contributed by atoms with Crippen molar-refractivity contribution in [2.24, 2.45) is 0 Å². The maximum absolute atomic E-state index is 5.63. The molecule has 3 nitrogen and oxygen atoms in total. The summed E-state index contributed by atoms with van der Waals surface area (Å²) in [6.45, 7) is 9.93. The zero-order valence-electron chi connectivity index (χ0n) is 10.8. The number of nitrogens with zero attached hydrogens (tertiary/aromatic N) is 1. The lowest BCUT2D eigenvalue weighted by molar-refractivity contribution is 0.0950. The van der Waals surface area contributed by atoms with Crippen LogP contribution in [0.25, 0.3) is 0 Å². The SMILES string of the molecule is CCCNCCCOCCN1CCCCC1. The lowest BCUT2D eigenvalue weighted by Crippen LogP contribution is -2.32. The quantitative estimate of drug-likeness (QED) is 0.610. The van der Waals surface area contributed by atoms with Crippen molar-refractivity contribution in [3.63, 3.8) is 0 Å². The van der Waals surface area contributed by atoms with Gasteiger partial charge in [0.25, 0.3) is 0 Å². The summed E-state index contributed by atoms with van der Waals surface area (Å²) in [4.78, 5) is 2.53. The summed E-state index contributed by atoms with van der Waals surface area (Å²) in [5.74, 6) is 0. The van der Waals surface area contributed by atoms with Crippen LogP contribution in [0.5, 0.6) is 0 Å². The Morgan fingerprint density at radius 3 is 2.62 bits per heavy atom. The first-order valence-corrected chi connectivity index (χ1v) is 6.94. The lowest BCUT2D eigenvalue weighted by Gasteiger charge is -2.26. The Morgan fingerprint density at radius 2 is 1.88 bits per heavy atom. The molecule has 96 valence electrons. The summed E-state index contributed by atoms with van der Waals surface area (Å²) in [6.07, 6.45) is 6.53. The van der Waals surface area contributed by atoms with Gasteiger partial charge in [-0.2, -0.15) is 0 Å². The van der Waals surface area contributed by atoms with Gasteiger partial charge in [0.05, 0.1) is 6.61 Å². The number of rotatable bonds is 9. The van der Waals surface area contributed by atoms with Crippen LogP contribution < -0.4 is 5.32 Å². The molecule has 0 unspecified atom stereocenters. The molecular weight excluding hydrogens is 200 g/mol. The van der Waals surface area contributed by atoms with Crippen LogP contribution in [-0.2, 0) is 4.74 Å². The molecule has 1 aliphatic heterocycles. The van der Waals surface area contributed by atoms with E-state index >= 15 is 0 Å². The van der Waals surface area contributed by atoms with Crippen molar-refractivity contribution in [2.75, 3.05) is 45.9 Å². The first kappa shape index (κ1) is 13.9. The van der Waals surface area contributed by atoms with Crippen LogP contribution in [0.2, 0.25) is 0 Å². The average Bonchev–Trinajstić information content (AvgIpc) is 2.34. The summed E-state index contributed by atoms with van der Waals surface area (Å²) in [5, 5.41) is 3.38. The van der Waals surface area contributed by atoms with E-state index in [2.05, 4.69) is 17.1 Å². The second kappa shape index (κ2) is 10.1. The van der Waals surface area contributed by atoms with Gasteiger partial charge < -0.3 is 15.0 Å².